The molecule has 1 aliphatic rings. The fourth-order valence-corrected chi connectivity index (χ4v) is 5.21. The SMILES string of the molecule is COC1(C(NC(=O)c2ccc(C#CC#CCCOCOP(=O)(O)O)cc2)C(=O)NO)CS(=O)(=O)C1. The van der Waals surface area contributed by atoms with E-state index >= 15 is 0 Å². The summed E-state index contributed by atoms with van der Waals surface area (Å²) in [5.41, 5.74) is 0.604. The van der Waals surface area contributed by atoms with Crippen LogP contribution < -0.4 is 10.8 Å². The van der Waals surface area contributed by atoms with Gasteiger partial charge in [-0.05, 0) is 36.1 Å². The summed E-state index contributed by atoms with van der Waals surface area (Å²) in [7, 11) is -6.78. The molecule has 1 atom stereocenters. The fraction of sp³-hybridized carbons (Fsp3) is 0.400. The maximum Gasteiger partial charge on any atom is 0.471 e. The molecule has 2 rings (SSSR count). The monoisotopic (exact) mass is 530 g/mol. The second-order valence-electron chi connectivity index (χ2n) is 7.21. The Kier molecular flexibility index (Phi) is 9.97. The van der Waals surface area contributed by atoms with E-state index < -0.39 is 59.4 Å². The van der Waals surface area contributed by atoms with Crippen molar-refractivity contribution in [3.05, 3.63) is 35.4 Å². The average molecular weight is 530 g/mol. The number of rotatable bonds is 10. The van der Waals surface area contributed by atoms with Gasteiger partial charge in [-0.25, -0.2) is 18.5 Å². The number of carbonyl (C=O) groups is 2. The Balaban J connectivity index is 1.93. The molecule has 0 aromatic heterocycles. The van der Waals surface area contributed by atoms with E-state index in [1.807, 2.05) is 0 Å². The molecule has 1 fully saturated rings. The van der Waals surface area contributed by atoms with Crippen LogP contribution in [0.4, 0.5) is 0 Å². The highest BCUT2D eigenvalue weighted by Crippen LogP contribution is 2.35. The van der Waals surface area contributed by atoms with E-state index in [0.29, 0.717) is 5.56 Å². The summed E-state index contributed by atoms with van der Waals surface area (Å²) in [6.07, 6.45) is 0.255. The topological polar surface area (TPSA) is 198 Å². The van der Waals surface area contributed by atoms with Gasteiger partial charge in [0.1, 0.15) is 11.6 Å². The predicted octanol–water partition coefficient (Wildman–Crippen LogP) is -1.07. The molecule has 1 heterocycles. The minimum Gasteiger partial charge on any atom is -0.373 e. The third-order valence-electron chi connectivity index (χ3n) is 4.69. The van der Waals surface area contributed by atoms with Crippen LogP contribution in [0.5, 0.6) is 0 Å². The highest BCUT2D eigenvalue weighted by molar-refractivity contribution is 7.93. The van der Waals surface area contributed by atoms with Crippen molar-refractivity contribution >= 4 is 29.5 Å². The van der Waals surface area contributed by atoms with Gasteiger partial charge in [0.05, 0.1) is 18.1 Å². The van der Waals surface area contributed by atoms with Gasteiger partial charge in [0.15, 0.2) is 16.6 Å². The number of hydrogen-bond acceptors (Lipinski definition) is 9. The van der Waals surface area contributed by atoms with Gasteiger partial charge in [0.2, 0.25) is 0 Å². The molecule has 1 aromatic carbocycles. The first-order valence-electron chi connectivity index (χ1n) is 9.78. The number of carbonyl (C=O) groups excluding carboxylic acids is 2. The van der Waals surface area contributed by atoms with E-state index in [0.717, 1.165) is 0 Å². The highest BCUT2D eigenvalue weighted by atomic mass is 32.2. The molecule has 0 spiro atoms. The molecule has 0 bridgehead atoms. The molecular weight excluding hydrogens is 507 g/mol. The highest BCUT2D eigenvalue weighted by Gasteiger charge is 2.57. The van der Waals surface area contributed by atoms with Crippen LogP contribution in [-0.2, 0) is 33.2 Å². The van der Waals surface area contributed by atoms with Gasteiger partial charge in [0.25, 0.3) is 11.8 Å². The molecule has 1 unspecified atom stereocenters. The lowest BCUT2D eigenvalue weighted by molar-refractivity contribution is -0.138. The smallest absolute Gasteiger partial charge is 0.373 e. The number of benzene rings is 1. The number of amides is 2. The van der Waals surface area contributed by atoms with Crippen LogP contribution in [0.2, 0.25) is 0 Å². The van der Waals surface area contributed by atoms with Crippen molar-refractivity contribution < 1.29 is 51.6 Å². The number of nitrogens with one attached hydrogen (secondary N) is 2. The number of hydrogen-bond donors (Lipinski definition) is 5. The summed E-state index contributed by atoms with van der Waals surface area (Å²) in [4.78, 5) is 41.7. The zero-order chi connectivity index (χ0) is 26.1. The number of phosphoric ester groups is 1. The van der Waals surface area contributed by atoms with Crippen LogP contribution in [0, 0.1) is 23.7 Å². The van der Waals surface area contributed by atoms with Crippen LogP contribution in [0.15, 0.2) is 24.3 Å². The molecule has 13 nitrogen and oxygen atoms in total. The summed E-state index contributed by atoms with van der Waals surface area (Å²) in [5, 5.41) is 11.4. The Morgan fingerprint density at radius 1 is 1.20 bits per heavy atom. The van der Waals surface area contributed by atoms with Crippen molar-refractivity contribution in [2.75, 3.05) is 32.0 Å². The Labute approximate surface area is 201 Å². The number of sulfone groups is 1. The fourth-order valence-electron chi connectivity index (χ4n) is 3.02. The minimum atomic E-state index is -4.57. The lowest BCUT2D eigenvalue weighted by Gasteiger charge is -2.44. The van der Waals surface area contributed by atoms with Crippen LogP contribution in [0.1, 0.15) is 22.3 Å². The van der Waals surface area contributed by atoms with Crippen molar-refractivity contribution in [2.45, 2.75) is 18.1 Å². The van der Waals surface area contributed by atoms with Gasteiger partial charge in [-0.2, -0.15) is 0 Å². The maximum atomic E-state index is 12.6. The minimum absolute atomic E-state index is 0.0874. The Morgan fingerprint density at radius 3 is 2.40 bits per heavy atom. The summed E-state index contributed by atoms with van der Waals surface area (Å²) < 4.78 is 47.9. The molecule has 1 aliphatic heterocycles. The van der Waals surface area contributed by atoms with Crippen LogP contribution >= 0.6 is 7.82 Å². The van der Waals surface area contributed by atoms with Crippen molar-refractivity contribution in [2.24, 2.45) is 0 Å². The summed E-state index contributed by atoms with van der Waals surface area (Å²) >= 11 is 0. The van der Waals surface area contributed by atoms with Crippen molar-refractivity contribution in [1.82, 2.24) is 10.8 Å². The summed E-state index contributed by atoms with van der Waals surface area (Å²) in [6.45, 7) is -0.474. The molecule has 2 amide bonds. The van der Waals surface area contributed by atoms with E-state index in [2.05, 4.69) is 33.5 Å². The lowest BCUT2D eigenvalue weighted by atomic mass is 9.95. The quantitative estimate of drug-likeness (QED) is 0.0617. The van der Waals surface area contributed by atoms with E-state index in [1.54, 1.807) is 0 Å². The molecule has 190 valence electrons. The molecular formula is C20H23N2O11PS. The van der Waals surface area contributed by atoms with Gasteiger partial charge in [-0.15, -0.1) is 0 Å². The molecule has 15 heteroatoms. The molecule has 1 saturated heterocycles. The number of methoxy groups -OCH3 is 1. The van der Waals surface area contributed by atoms with E-state index in [-0.39, 0.29) is 18.6 Å². The number of phosphoric acid groups is 1. The zero-order valence-corrected chi connectivity index (χ0v) is 20.1. The van der Waals surface area contributed by atoms with Gasteiger partial charge < -0.3 is 24.6 Å². The molecule has 0 saturated carbocycles. The Hall–Kier alpha value is -2.78. The molecule has 0 radical (unpaired) electrons. The number of ether oxygens (including phenoxy) is 2. The molecule has 0 aliphatic carbocycles. The van der Waals surface area contributed by atoms with Crippen LogP contribution in [0.3, 0.4) is 0 Å². The zero-order valence-electron chi connectivity index (χ0n) is 18.4. The average Bonchev–Trinajstić information content (AvgIpc) is 2.78. The van der Waals surface area contributed by atoms with Crippen molar-refractivity contribution in [1.29, 1.82) is 0 Å². The third-order valence-corrected chi connectivity index (χ3v) is 6.99. The second kappa shape index (κ2) is 12.3. The first-order chi connectivity index (χ1) is 16.4. The van der Waals surface area contributed by atoms with Crippen LogP contribution in [-0.4, -0.2) is 78.9 Å². The lowest BCUT2D eigenvalue weighted by Crippen LogP contribution is -2.71. The van der Waals surface area contributed by atoms with Crippen molar-refractivity contribution in [3.8, 4) is 23.7 Å². The van der Waals surface area contributed by atoms with Gasteiger partial charge in [-0.3, -0.25) is 19.3 Å². The summed E-state index contributed by atoms with van der Waals surface area (Å²) in [5.74, 6) is 7.91. The second-order valence-corrected chi connectivity index (χ2v) is 10.5. The normalized spacial score (nSPS) is 16.3. The summed E-state index contributed by atoms with van der Waals surface area (Å²) in [6, 6.07) is 4.50. The standard InChI is InChI=1S/C20H23N2O11PS/c1-31-20(12-35(29,30)13-20)17(19(24)22-25)21-18(23)16-9-7-15(8-10-16)6-4-2-3-5-11-32-14-33-34(26,27)28/h7-10,17,25H,5,11-14H2,1H3,(H,21,23)(H,22,24)(H2,26,27,28). The Morgan fingerprint density at radius 2 is 1.86 bits per heavy atom. The van der Waals surface area contributed by atoms with Gasteiger partial charge >= 0.3 is 7.82 Å². The van der Waals surface area contributed by atoms with Crippen molar-refractivity contribution in [3.63, 3.8) is 0 Å². The number of hydroxylamine groups is 1. The molecule has 5 N–H and O–H groups in total. The van der Waals surface area contributed by atoms with Gasteiger partial charge in [-0.1, -0.05) is 11.8 Å². The first-order valence-corrected chi connectivity index (χ1v) is 13.1. The Bertz CT molecular complexity index is 1190. The molecule has 1 aromatic rings. The largest absolute Gasteiger partial charge is 0.471 e. The maximum absolute atomic E-state index is 12.6. The third kappa shape index (κ3) is 8.74. The van der Waals surface area contributed by atoms with Gasteiger partial charge in [0, 0.05) is 24.7 Å². The van der Waals surface area contributed by atoms with E-state index in [4.69, 9.17) is 24.5 Å². The van der Waals surface area contributed by atoms with E-state index in [9.17, 15) is 22.6 Å². The van der Waals surface area contributed by atoms with Crippen LogP contribution in [0.25, 0.3) is 0 Å². The molecule has 35 heavy (non-hydrogen) atoms. The first kappa shape index (κ1) is 28.5. The van der Waals surface area contributed by atoms with E-state index in [1.165, 1.54) is 36.9 Å². The predicted molar refractivity (Wildman–Crippen MR) is 119 cm³/mol.